The van der Waals surface area contributed by atoms with Crippen molar-refractivity contribution in [3.63, 3.8) is 0 Å². The molecule has 0 radical (unpaired) electrons. The highest BCUT2D eigenvalue weighted by molar-refractivity contribution is 5.82. The Bertz CT molecular complexity index is 754. The Balaban J connectivity index is 1.54. The molecule has 2 saturated heterocycles. The first kappa shape index (κ1) is 18.1. The van der Waals surface area contributed by atoms with Crippen LogP contribution in [0.4, 0.5) is 0 Å². The van der Waals surface area contributed by atoms with E-state index in [1.54, 1.807) is 11.0 Å². The van der Waals surface area contributed by atoms with Gasteiger partial charge >= 0.3 is 0 Å². The lowest BCUT2D eigenvalue weighted by atomic mass is 10.1. The van der Waals surface area contributed by atoms with Crippen LogP contribution in [-0.4, -0.2) is 61.6 Å². The Labute approximate surface area is 160 Å². The quantitative estimate of drug-likeness (QED) is 0.828. The Kier molecular flexibility index (Phi) is 5.48. The van der Waals surface area contributed by atoms with Crippen molar-refractivity contribution in [3.05, 3.63) is 41.7 Å². The number of likely N-dealkylation sites (tertiary alicyclic amines) is 2. The molecule has 2 fully saturated rings. The van der Waals surface area contributed by atoms with Gasteiger partial charge in [-0.05, 0) is 42.2 Å². The van der Waals surface area contributed by atoms with Gasteiger partial charge in [0.05, 0.1) is 12.1 Å². The highest BCUT2D eigenvalue weighted by Crippen LogP contribution is 2.30. The number of rotatable bonds is 4. The molecule has 1 aromatic heterocycles. The summed E-state index contributed by atoms with van der Waals surface area (Å²) < 4.78 is 1.80. The van der Waals surface area contributed by atoms with Crippen molar-refractivity contribution in [1.82, 2.24) is 30.0 Å². The van der Waals surface area contributed by atoms with Crippen molar-refractivity contribution in [1.29, 1.82) is 0 Å². The van der Waals surface area contributed by atoms with E-state index in [9.17, 15) is 4.79 Å². The summed E-state index contributed by atoms with van der Waals surface area (Å²) in [6, 6.07) is 8.59. The molecule has 2 atom stereocenters. The summed E-state index contributed by atoms with van der Waals surface area (Å²) in [7, 11) is 0. The third-order valence-corrected chi connectivity index (χ3v) is 5.79. The van der Waals surface area contributed by atoms with E-state index >= 15 is 0 Å². The first-order valence-corrected chi connectivity index (χ1v) is 10.0. The van der Waals surface area contributed by atoms with Crippen LogP contribution < -0.4 is 0 Å². The number of amides is 1. The van der Waals surface area contributed by atoms with E-state index in [4.69, 9.17) is 0 Å². The Morgan fingerprint density at radius 2 is 2.00 bits per heavy atom. The lowest BCUT2D eigenvalue weighted by Crippen LogP contribution is -2.45. The fourth-order valence-corrected chi connectivity index (χ4v) is 4.39. The van der Waals surface area contributed by atoms with Crippen LogP contribution in [0.15, 0.2) is 30.6 Å². The van der Waals surface area contributed by atoms with Gasteiger partial charge in [0.25, 0.3) is 0 Å². The monoisotopic (exact) mass is 368 g/mol. The highest BCUT2D eigenvalue weighted by atomic mass is 16.2. The topological polar surface area (TPSA) is 67.2 Å². The molecule has 0 aliphatic carbocycles. The molecule has 0 bridgehead atoms. The molecule has 0 unspecified atom stereocenters. The minimum absolute atomic E-state index is 0.0992. The van der Waals surface area contributed by atoms with E-state index in [0.29, 0.717) is 0 Å². The van der Waals surface area contributed by atoms with Gasteiger partial charge in [-0.15, -0.1) is 5.10 Å². The predicted octanol–water partition coefficient (Wildman–Crippen LogP) is 2.20. The van der Waals surface area contributed by atoms with Gasteiger partial charge in [-0.3, -0.25) is 9.69 Å². The van der Waals surface area contributed by atoms with Gasteiger partial charge in [0.1, 0.15) is 6.33 Å². The highest BCUT2D eigenvalue weighted by Gasteiger charge is 2.40. The number of hydrogen-bond donors (Lipinski definition) is 0. The average molecular weight is 368 g/mol. The molecule has 0 saturated carbocycles. The zero-order chi connectivity index (χ0) is 18.6. The van der Waals surface area contributed by atoms with Crippen molar-refractivity contribution in [2.24, 2.45) is 0 Å². The van der Waals surface area contributed by atoms with E-state index in [1.165, 1.54) is 24.0 Å². The van der Waals surface area contributed by atoms with Crippen molar-refractivity contribution < 1.29 is 4.79 Å². The summed E-state index contributed by atoms with van der Waals surface area (Å²) in [4.78, 5) is 17.8. The van der Waals surface area contributed by atoms with E-state index < -0.39 is 0 Å². The molecule has 7 heteroatoms. The third kappa shape index (κ3) is 4.18. The van der Waals surface area contributed by atoms with Crippen molar-refractivity contribution in [2.45, 2.75) is 57.7 Å². The molecule has 2 aromatic rings. The van der Waals surface area contributed by atoms with Gasteiger partial charge in [-0.2, -0.15) is 0 Å². The van der Waals surface area contributed by atoms with Crippen molar-refractivity contribution in [3.8, 4) is 0 Å². The number of aryl methyl sites for hydroxylation is 1. The number of nitrogens with zero attached hydrogens (tertiary/aromatic N) is 6. The van der Waals surface area contributed by atoms with Crippen LogP contribution in [0, 0.1) is 6.92 Å². The van der Waals surface area contributed by atoms with Crippen LogP contribution in [-0.2, 0) is 11.3 Å². The van der Waals surface area contributed by atoms with Gasteiger partial charge < -0.3 is 4.90 Å². The molecule has 2 aliphatic rings. The van der Waals surface area contributed by atoms with Crippen LogP contribution in [0.5, 0.6) is 0 Å². The number of aromatic nitrogens is 4. The molecule has 1 aromatic carbocycles. The third-order valence-electron chi connectivity index (χ3n) is 5.79. The molecule has 27 heavy (non-hydrogen) atoms. The minimum atomic E-state index is -0.0992. The Morgan fingerprint density at radius 3 is 2.70 bits per heavy atom. The van der Waals surface area contributed by atoms with Crippen LogP contribution in [0.25, 0.3) is 0 Å². The lowest BCUT2D eigenvalue weighted by molar-refractivity contribution is -0.136. The maximum Gasteiger partial charge on any atom is 0.240 e. The molecule has 4 rings (SSSR count). The summed E-state index contributed by atoms with van der Waals surface area (Å²) in [5.74, 6) is 0.278. The number of hydrogen-bond acceptors (Lipinski definition) is 5. The van der Waals surface area contributed by atoms with Gasteiger partial charge in [-0.25, -0.2) is 4.68 Å². The zero-order valence-electron chi connectivity index (χ0n) is 16.0. The smallest absolute Gasteiger partial charge is 0.240 e. The number of tetrazole rings is 1. The van der Waals surface area contributed by atoms with Gasteiger partial charge in [-0.1, -0.05) is 42.7 Å². The van der Waals surface area contributed by atoms with Crippen LogP contribution in [0.3, 0.4) is 0 Å². The number of benzene rings is 1. The predicted molar refractivity (Wildman–Crippen MR) is 102 cm³/mol. The lowest BCUT2D eigenvalue weighted by Gasteiger charge is -2.29. The normalized spacial score (nSPS) is 24.1. The number of carbonyl (C=O) groups is 1. The molecule has 0 N–H and O–H groups in total. The molecular weight excluding hydrogens is 340 g/mol. The maximum absolute atomic E-state index is 13.4. The largest absolute Gasteiger partial charge is 0.341 e. The molecule has 144 valence electrons. The second kappa shape index (κ2) is 8.17. The van der Waals surface area contributed by atoms with Crippen LogP contribution >= 0.6 is 0 Å². The Morgan fingerprint density at radius 1 is 1.19 bits per heavy atom. The van der Waals surface area contributed by atoms with E-state index in [2.05, 4.69) is 56.5 Å². The zero-order valence-corrected chi connectivity index (χ0v) is 16.0. The molecular formula is C20H28N6O. The molecule has 7 nitrogen and oxygen atoms in total. The maximum atomic E-state index is 13.4. The molecule has 1 amide bonds. The second-order valence-corrected chi connectivity index (χ2v) is 7.85. The fourth-order valence-electron chi connectivity index (χ4n) is 4.39. The fraction of sp³-hybridized carbons (Fsp3) is 0.600. The first-order chi connectivity index (χ1) is 13.2. The summed E-state index contributed by atoms with van der Waals surface area (Å²) in [5, 5.41) is 11.6. The summed E-state index contributed by atoms with van der Waals surface area (Å²) in [6.45, 7) is 5.47. The van der Waals surface area contributed by atoms with Crippen molar-refractivity contribution in [2.75, 3.05) is 19.6 Å². The van der Waals surface area contributed by atoms with E-state index in [0.717, 1.165) is 45.4 Å². The summed E-state index contributed by atoms with van der Waals surface area (Å²) in [6.07, 6.45) is 7.13. The van der Waals surface area contributed by atoms with Crippen molar-refractivity contribution >= 4 is 5.91 Å². The standard InChI is InChI=1S/C20H28N6O/c1-16-7-6-8-17(11-16)13-25-14-18(26-15-21-22-23-26)12-19(25)20(27)24-9-4-2-3-5-10-24/h6-8,11,15,18-19H,2-5,9-10,12-14H2,1H3/t18-,19+/m1/s1. The molecule has 0 spiro atoms. The number of carbonyl (C=O) groups excluding carboxylic acids is 1. The SMILES string of the molecule is Cc1cccc(CN2C[C@H](n3cnnn3)C[C@H]2C(=O)N2CCCCCC2)c1. The summed E-state index contributed by atoms with van der Waals surface area (Å²) in [5.41, 5.74) is 2.50. The van der Waals surface area contributed by atoms with Crippen LogP contribution in [0.2, 0.25) is 0 Å². The minimum Gasteiger partial charge on any atom is -0.341 e. The van der Waals surface area contributed by atoms with E-state index in [-0.39, 0.29) is 18.0 Å². The van der Waals surface area contributed by atoms with E-state index in [1.807, 2.05) is 0 Å². The Hall–Kier alpha value is -2.28. The second-order valence-electron chi connectivity index (χ2n) is 7.85. The van der Waals surface area contributed by atoms with Gasteiger partial charge in [0.15, 0.2) is 0 Å². The molecule has 2 aliphatic heterocycles. The van der Waals surface area contributed by atoms with Gasteiger partial charge in [0, 0.05) is 26.2 Å². The van der Waals surface area contributed by atoms with Gasteiger partial charge in [0.2, 0.25) is 5.91 Å². The summed E-state index contributed by atoms with van der Waals surface area (Å²) >= 11 is 0. The van der Waals surface area contributed by atoms with Crippen LogP contribution in [0.1, 0.15) is 49.3 Å². The average Bonchev–Trinajstić information content (AvgIpc) is 3.25. The first-order valence-electron chi connectivity index (χ1n) is 10.0. The molecule has 3 heterocycles.